The Balaban J connectivity index is 1.93. The minimum atomic E-state index is -0.253. The van der Waals surface area contributed by atoms with Crippen LogP contribution in [0.3, 0.4) is 0 Å². The monoisotopic (exact) mass is 236 g/mol. The second-order valence-corrected chi connectivity index (χ2v) is 6.78. The van der Waals surface area contributed by atoms with Gasteiger partial charge < -0.3 is 9.84 Å². The molecule has 0 unspecified atom stereocenters. The van der Waals surface area contributed by atoms with Gasteiger partial charge in [-0.1, -0.05) is 19.1 Å². The quantitative estimate of drug-likeness (QED) is 0.561. The topological polar surface area (TPSA) is 32.8 Å². The van der Waals surface area contributed by atoms with Crippen LogP contribution < -0.4 is 0 Å². The van der Waals surface area contributed by atoms with Crippen LogP contribution in [0.2, 0.25) is 0 Å². The first-order valence-corrected chi connectivity index (χ1v) is 6.94. The number of ether oxygens (including phenoxy) is 1. The molecule has 1 N–H and O–H groups in total. The minimum absolute atomic E-state index is 0.0634. The molecule has 2 nitrogen and oxygen atoms in total. The van der Waals surface area contributed by atoms with Crippen molar-refractivity contribution in [3.63, 3.8) is 0 Å². The van der Waals surface area contributed by atoms with E-state index in [0.29, 0.717) is 17.8 Å². The van der Waals surface area contributed by atoms with Gasteiger partial charge in [0.15, 0.2) is 0 Å². The van der Waals surface area contributed by atoms with E-state index in [1.54, 1.807) is 0 Å². The molecule has 0 aromatic rings. The predicted molar refractivity (Wildman–Crippen MR) is 67.7 cm³/mol. The van der Waals surface area contributed by atoms with E-state index in [1.165, 1.54) is 12.0 Å². The summed E-state index contributed by atoms with van der Waals surface area (Å²) in [6, 6.07) is 0. The van der Waals surface area contributed by atoms with Crippen molar-refractivity contribution in [3.8, 4) is 0 Å². The normalized spacial score (nSPS) is 56.9. The molecule has 2 heteroatoms. The van der Waals surface area contributed by atoms with E-state index < -0.39 is 0 Å². The lowest BCUT2D eigenvalue weighted by Crippen LogP contribution is -2.36. The van der Waals surface area contributed by atoms with Crippen molar-refractivity contribution in [1.82, 2.24) is 0 Å². The van der Waals surface area contributed by atoms with Crippen molar-refractivity contribution in [2.24, 2.45) is 17.8 Å². The van der Waals surface area contributed by atoms with E-state index in [4.69, 9.17) is 4.74 Å². The molecule has 17 heavy (non-hydrogen) atoms. The van der Waals surface area contributed by atoms with Gasteiger partial charge in [0.25, 0.3) is 0 Å². The summed E-state index contributed by atoms with van der Waals surface area (Å²) in [5.74, 6) is 1.72. The summed E-state index contributed by atoms with van der Waals surface area (Å²) in [6.45, 7) is 10.7. The van der Waals surface area contributed by atoms with Crippen molar-refractivity contribution in [3.05, 3.63) is 12.2 Å². The SMILES string of the molecule is C=C(C)[C@@H]1CC[C@@]2(C)O[C@]23[C@H](O)C[C@H](C)[C@@H]3C1. The number of hydrogen-bond donors (Lipinski definition) is 1. The van der Waals surface area contributed by atoms with Crippen molar-refractivity contribution in [2.75, 3.05) is 0 Å². The first-order chi connectivity index (χ1) is 7.91. The van der Waals surface area contributed by atoms with Crippen molar-refractivity contribution >= 4 is 0 Å². The van der Waals surface area contributed by atoms with Crippen LogP contribution in [0, 0.1) is 17.8 Å². The average Bonchev–Trinajstić information content (AvgIpc) is 2.79. The molecule has 0 aromatic carbocycles. The van der Waals surface area contributed by atoms with E-state index >= 15 is 0 Å². The van der Waals surface area contributed by atoms with Gasteiger partial charge in [0, 0.05) is 0 Å². The van der Waals surface area contributed by atoms with Crippen molar-refractivity contribution in [1.29, 1.82) is 0 Å². The lowest BCUT2D eigenvalue weighted by atomic mass is 9.79. The molecule has 0 radical (unpaired) electrons. The molecule has 3 rings (SSSR count). The van der Waals surface area contributed by atoms with Gasteiger partial charge in [-0.2, -0.15) is 0 Å². The smallest absolute Gasteiger partial charge is 0.126 e. The van der Waals surface area contributed by atoms with Crippen LogP contribution in [-0.2, 0) is 4.74 Å². The summed E-state index contributed by atoms with van der Waals surface area (Å²) in [7, 11) is 0. The Labute approximate surface area is 104 Å². The van der Waals surface area contributed by atoms with Gasteiger partial charge in [0.2, 0.25) is 0 Å². The third-order valence-corrected chi connectivity index (χ3v) is 5.71. The van der Waals surface area contributed by atoms with Crippen LogP contribution in [-0.4, -0.2) is 22.4 Å². The molecule has 0 amide bonds. The number of aliphatic hydroxyl groups excluding tert-OH is 1. The molecule has 1 spiro atoms. The summed E-state index contributed by atoms with van der Waals surface area (Å²) >= 11 is 0. The van der Waals surface area contributed by atoms with Crippen molar-refractivity contribution in [2.45, 2.75) is 63.8 Å². The Kier molecular flexibility index (Phi) is 2.32. The molecule has 1 heterocycles. The van der Waals surface area contributed by atoms with E-state index in [-0.39, 0.29) is 17.3 Å². The molecule has 1 aliphatic heterocycles. The van der Waals surface area contributed by atoms with Gasteiger partial charge >= 0.3 is 0 Å². The van der Waals surface area contributed by atoms with E-state index in [2.05, 4.69) is 27.4 Å². The second-order valence-electron chi connectivity index (χ2n) is 6.78. The highest BCUT2D eigenvalue weighted by Crippen LogP contribution is 2.67. The predicted octanol–water partition coefficient (Wildman–Crippen LogP) is 2.91. The summed E-state index contributed by atoms with van der Waals surface area (Å²) in [5.41, 5.74) is 1.03. The maximum Gasteiger partial charge on any atom is 0.126 e. The highest BCUT2D eigenvalue weighted by molar-refractivity contribution is 5.26. The van der Waals surface area contributed by atoms with Gasteiger partial charge in [-0.05, 0) is 57.3 Å². The number of allylic oxidation sites excluding steroid dienone is 1. The fourth-order valence-electron chi connectivity index (χ4n) is 4.57. The minimum Gasteiger partial charge on any atom is -0.390 e. The fourth-order valence-corrected chi connectivity index (χ4v) is 4.57. The molecule has 1 saturated heterocycles. The van der Waals surface area contributed by atoms with Crippen LogP contribution in [0.15, 0.2) is 12.2 Å². The van der Waals surface area contributed by atoms with Gasteiger partial charge in [-0.3, -0.25) is 0 Å². The molecule has 2 saturated carbocycles. The van der Waals surface area contributed by atoms with Gasteiger partial charge in [0.1, 0.15) is 5.60 Å². The Morgan fingerprint density at radius 3 is 2.76 bits per heavy atom. The Morgan fingerprint density at radius 2 is 2.12 bits per heavy atom. The van der Waals surface area contributed by atoms with Crippen LogP contribution in [0.4, 0.5) is 0 Å². The maximum absolute atomic E-state index is 10.4. The average molecular weight is 236 g/mol. The molecular weight excluding hydrogens is 212 g/mol. The van der Waals surface area contributed by atoms with Crippen LogP contribution >= 0.6 is 0 Å². The zero-order chi connectivity index (χ0) is 12.4. The molecule has 2 aliphatic carbocycles. The highest BCUT2D eigenvalue weighted by Gasteiger charge is 2.77. The molecule has 0 bridgehead atoms. The molecule has 96 valence electrons. The van der Waals surface area contributed by atoms with E-state index in [1.807, 2.05) is 0 Å². The highest BCUT2D eigenvalue weighted by atomic mass is 16.6. The number of aliphatic hydroxyl groups is 1. The molecule has 3 fully saturated rings. The molecule has 6 atom stereocenters. The standard InChI is InChI=1S/C15H24O2/c1-9(2)11-5-6-14(4)15(17-14)12(8-11)10(3)7-13(15)16/h10-13,16H,1,5-8H2,2-4H3/t10-,11+,12-,13+,14+,15+/m0/s1. The number of rotatable bonds is 1. The third kappa shape index (κ3) is 1.34. The lowest BCUT2D eigenvalue weighted by molar-refractivity contribution is 0.0743. The first-order valence-electron chi connectivity index (χ1n) is 6.94. The number of hydrogen-bond acceptors (Lipinski definition) is 2. The zero-order valence-corrected chi connectivity index (χ0v) is 11.2. The summed E-state index contributed by atoms with van der Waals surface area (Å²) < 4.78 is 6.09. The molecular formula is C15H24O2. The summed E-state index contributed by atoms with van der Waals surface area (Å²) in [5, 5.41) is 10.4. The summed E-state index contributed by atoms with van der Waals surface area (Å²) in [6.07, 6.45) is 4.05. The van der Waals surface area contributed by atoms with Crippen LogP contribution in [0.25, 0.3) is 0 Å². The van der Waals surface area contributed by atoms with Crippen LogP contribution in [0.5, 0.6) is 0 Å². The first kappa shape index (κ1) is 11.7. The van der Waals surface area contributed by atoms with Gasteiger partial charge in [0.05, 0.1) is 11.7 Å². The fraction of sp³-hybridized carbons (Fsp3) is 0.867. The van der Waals surface area contributed by atoms with Crippen molar-refractivity contribution < 1.29 is 9.84 Å². The third-order valence-electron chi connectivity index (χ3n) is 5.71. The Morgan fingerprint density at radius 1 is 1.41 bits per heavy atom. The Bertz CT molecular complexity index is 364. The Hall–Kier alpha value is -0.340. The largest absolute Gasteiger partial charge is 0.390 e. The molecule has 3 aliphatic rings. The molecule has 0 aromatic heterocycles. The van der Waals surface area contributed by atoms with Gasteiger partial charge in [-0.15, -0.1) is 0 Å². The van der Waals surface area contributed by atoms with Crippen LogP contribution in [0.1, 0.15) is 46.5 Å². The zero-order valence-electron chi connectivity index (χ0n) is 11.2. The second kappa shape index (κ2) is 3.36. The van der Waals surface area contributed by atoms with E-state index in [0.717, 1.165) is 19.3 Å². The maximum atomic E-state index is 10.4. The van der Waals surface area contributed by atoms with E-state index in [9.17, 15) is 5.11 Å². The van der Waals surface area contributed by atoms with Gasteiger partial charge in [-0.25, -0.2) is 0 Å². The lowest BCUT2D eigenvalue weighted by Gasteiger charge is -2.24. The summed E-state index contributed by atoms with van der Waals surface area (Å²) in [4.78, 5) is 0. The number of epoxide rings is 1.